The van der Waals surface area contributed by atoms with Gasteiger partial charge in [0.15, 0.2) is 0 Å². The smallest absolute Gasteiger partial charge is 0.255 e. The fourth-order valence-electron chi connectivity index (χ4n) is 2.08. The number of nitrogens with one attached hydrogen (secondary N) is 1. The molecule has 0 aliphatic carbocycles. The number of rotatable bonds is 5. The summed E-state index contributed by atoms with van der Waals surface area (Å²) in [6, 6.07) is 11.5. The van der Waals surface area contributed by atoms with Gasteiger partial charge in [-0.3, -0.25) is 4.79 Å². The molecule has 0 atom stereocenters. The van der Waals surface area contributed by atoms with E-state index in [9.17, 15) is 9.18 Å². The number of hydrogen-bond donors (Lipinski definition) is 2. The van der Waals surface area contributed by atoms with Crippen LogP contribution in [-0.2, 0) is 6.42 Å². The minimum absolute atomic E-state index is 0.211. The Hall–Kier alpha value is -2.36. The minimum atomic E-state index is -0.518. The fraction of sp³-hybridized carbons (Fsp3) is 0.235. The first kappa shape index (κ1) is 15.0. The molecule has 3 nitrogen and oxygen atoms in total. The van der Waals surface area contributed by atoms with E-state index in [-0.39, 0.29) is 17.2 Å². The number of carbonyl (C=O) groups excluding carboxylic acids is 1. The highest BCUT2D eigenvalue weighted by molar-refractivity contribution is 6.04. The van der Waals surface area contributed by atoms with E-state index < -0.39 is 5.82 Å². The third-order valence-electron chi connectivity index (χ3n) is 3.21. The van der Waals surface area contributed by atoms with Crippen LogP contribution in [0.1, 0.15) is 35.7 Å². The van der Waals surface area contributed by atoms with Crippen LogP contribution < -0.4 is 11.1 Å². The predicted molar refractivity (Wildman–Crippen MR) is 83.8 cm³/mol. The Kier molecular flexibility index (Phi) is 4.93. The van der Waals surface area contributed by atoms with Gasteiger partial charge in [0.05, 0.1) is 0 Å². The Balaban J connectivity index is 2.05. The first-order chi connectivity index (χ1) is 10.1. The molecule has 0 saturated carbocycles. The van der Waals surface area contributed by atoms with Crippen molar-refractivity contribution in [3.05, 3.63) is 59.4 Å². The molecule has 21 heavy (non-hydrogen) atoms. The fourth-order valence-corrected chi connectivity index (χ4v) is 2.08. The Labute approximate surface area is 124 Å². The summed E-state index contributed by atoms with van der Waals surface area (Å²) in [5.74, 6) is -0.891. The zero-order chi connectivity index (χ0) is 15.2. The number of nitrogens with two attached hydrogens (primary N) is 1. The van der Waals surface area contributed by atoms with Gasteiger partial charge in [0.25, 0.3) is 5.91 Å². The van der Waals surface area contributed by atoms with Gasteiger partial charge in [-0.05, 0) is 48.7 Å². The highest BCUT2D eigenvalue weighted by atomic mass is 19.1. The minimum Gasteiger partial charge on any atom is -0.399 e. The molecule has 3 N–H and O–H groups in total. The first-order valence-corrected chi connectivity index (χ1v) is 7.05. The lowest BCUT2D eigenvalue weighted by molar-refractivity contribution is 0.102. The second-order valence-electron chi connectivity index (χ2n) is 5.03. The maximum absolute atomic E-state index is 13.2. The van der Waals surface area contributed by atoms with Crippen LogP contribution >= 0.6 is 0 Å². The Morgan fingerprint density at radius 1 is 1.19 bits per heavy atom. The van der Waals surface area contributed by atoms with Gasteiger partial charge in [0.2, 0.25) is 0 Å². The van der Waals surface area contributed by atoms with Crippen molar-refractivity contribution in [1.29, 1.82) is 0 Å². The van der Waals surface area contributed by atoms with Crippen molar-refractivity contribution >= 4 is 17.3 Å². The molecule has 2 rings (SSSR count). The summed E-state index contributed by atoms with van der Waals surface area (Å²) in [6.07, 6.45) is 3.33. The number of halogens is 1. The number of unbranched alkanes of at least 4 members (excludes halogenated alkanes) is 1. The van der Waals surface area contributed by atoms with Crippen molar-refractivity contribution in [2.24, 2.45) is 0 Å². The number of benzene rings is 2. The predicted octanol–water partition coefficient (Wildman–Crippen LogP) is 4.00. The molecule has 0 aromatic heterocycles. The second-order valence-corrected chi connectivity index (χ2v) is 5.03. The summed E-state index contributed by atoms with van der Waals surface area (Å²) < 4.78 is 13.2. The maximum atomic E-state index is 13.2. The summed E-state index contributed by atoms with van der Waals surface area (Å²) in [7, 11) is 0. The lowest BCUT2D eigenvalue weighted by Gasteiger charge is -2.07. The summed E-state index contributed by atoms with van der Waals surface area (Å²) in [5.41, 5.74) is 7.90. The summed E-state index contributed by atoms with van der Waals surface area (Å²) in [4.78, 5) is 12.0. The maximum Gasteiger partial charge on any atom is 0.255 e. The third-order valence-corrected chi connectivity index (χ3v) is 3.21. The van der Waals surface area contributed by atoms with Gasteiger partial charge >= 0.3 is 0 Å². The molecule has 110 valence electrons. The molecular weight excluding hydrogens is 267 g/mol. The van der Waals surface area contributed by atoms with Crippen LogP contribution in [0.2, 0.25) is 0 Å². The molecule has 2 aromatic rings. The van der Waals surface area contributed by atoms with Crippen LogP contribution in [0, 0.1) is 5.82 Å². The zero-order valence-electron chi connectivity index (χ0n) is 12.0. The van der Waals surface area contributed by atoms with Crippen LogP contribution in [0.25, 0.3) is 0 Å². The van der Waals surface area contributed by atoms with Gasteiger partial charge in [-0.1, -0.05) is 25.5 Å². The lowest BCUT2D eigenvalue weighted by atomic mass is 10.1. The van der Waals surface area contributed by atoms with E-state index in [0.29, 0.717) is 5.69 Å². The number of aryl methyl sites for hydroxylation is 1. The monoisotopic (exact) mass is 286 g/mol. The Bertz CT molecular complexity index is 603. The largest absolute Gasteiger partial charge is 0.399 e. The van der Waals surface area contributed by atoms with Crippen LogP contribution in [0.4, 0.5) is 15.8 Å². The summed E-state index contributed by atoms with van der Waals surface area (Å²) in [5, 5.41) is 2.73. The van der Waals surface area contributed by atoms with Crippen molar-refractivity contribution in [2.75, 3.05) is 11.1 Å². The van der Waals surface area contributed by atoms with Gasteiger partial charge in [-0.2, -0.15) is 0 Å². The van der Waals surface area contributed by atoms with Crippen LogP contribution in [0.15, 0.2) is 42.5 Å². The van der Waals surface area contributed by atoms with E-state index in [0.717, 1.165) is 19.3 Å². The van der Waals surface area contributed by atoms with Crippen molar-refractivity contribution in [3.8, 4) is 0 Å². The van der Waals surface area contributed by atoms with Gasteiger partial charge in [0, 0.05) is 16.9 Å². The molecule has 0 unspecified atom stereocenters. The van der Waals surface area contributed by atoms with E-state index in [1.807, 2.05) is 24.3 Å². The standard InChI is InChI=1S/C17H19FN2O/c1-2-3-4-12-5-7-16(8-6-12)20-17(21)13-9-14(18)11-15(19)10-13/h5-11H,2-4,19H2,1H3,(H,20,21). The van der Waals surface area contributed by atoms with Crippen molar-refractivity contribution < 1.29 is 9.18 Å². The highest BCUT2D eigenvalue weighted by Crippen LogP contribution is 2.15. The van der Waals surface area contributed by atoms with E-state index in [2.05, 4.69) is 12.2 Å². The third kappa shape index (κ3) is 4.31. The molecule has 0 saturated heterocycles. The number of anilines is 2. The molecule has 0 aliphatic rings. The molecule has 4 heteroatoms. The topological polar surface area (TPSA) is 55.1 Å². The quantitative estimate of drug-likeness (QED) is 0.816. The molecule has 0 heterocycles. The van der Waals surface area contributed by atoms with Crippen LogP contribution in [-0.4, -0.2) is 5.91 Å². The van der Waals surface area contributed by atoms with E-state index >= 15 is 0 Å². The van der Waals surface area contributed by atoms with Gasteiger partial charge in [-0.25, -0.2) is 4.39 Å². The van der Waals surface area contributed by atoms with E-state index in [1.165, 1.54) is 23.8 Å². The molecule has 0 spiro atoms. The molecule has 0 bridgehead atoms. The number of nitrogen functional groups attached to an aromatic ring is 1. The Morgan fingerprint density at radius 3 is 2.52 bits per heavy atom. The number of amides is 1. The molecule has 1 amide bonds. The second kappa shape index (κ2) is 6.88. The van der Waals surface area contributed by atoms with Crippen LogP contribution in [0.5, 0.6) is 0 Å². The summed E-state index contributed by atoms with van der Waals surface area (Å²) >= 11 is 0. The highest BCUT2D eigenvalue weighted by Gasteiger charge is 2.08. The molecular formula is C17H19FN2O. The normalized spacial score (nSPS) is 10.4. The van der Waals surface area contributed by atoms with E-state index in [4.69, 9.17) is 5.73 Å². The van der Waals surface area contributed by atoms with Crippen molar-refractivity contribution in [1.82, 2.24) is 0 Å². The van der Waals surface area contributed by atoms with Gasteiger partial charge < -0.3 is 11.1 Å². The lowest BCUT2D eigenvalue weighted by Crippen LogP contribution is -2.12. The molecule has 2 aromatic carbocycles. The summed E-state index contributed by atoms with van der Waals surface area (Å²) in [6.45, 7) is 2.15. The average molecular weight is 286 g/mol. The molecule has 0 fully saturated rings. The first-order valence-electron chi connectivity index (χ1n) is 7.05. The Morgan fingerprint density at radius 2 is 1.90 bits per heavy atom. The number of carbonyl (C=O) groups is 1. The van der Waals surface area contributed by atoms with Gasteiger partial charge in [-0.15, -0.1) is 0 Å². The average Bonchev–Trinajstić information content (AvgIpc) is 2.45. The van der Waals surface area contributed by atoms with Crippen molar-refractivity contribution in [3.63, 3.8) is 0 Å². The zero-order valence-corrected chi connectivity index (χ0v) is 12.0. The van der Waals surface area contributed by atoms with Gasteiger partial charge in [0.1, 0.15) is 5.82 Å². The van der Waals surface area contributed by atoms with E-state index in [1.54, 1.807) is 0 Å². The molecule has 0 aliphatic heterocycles. The van der Waals surface area contributed by atoms with Crippen LogP contribution in [0.3, 0.4) is 0 Å². The molecule has 0 radical (unpaired) electrons. The number of hydrogen-bond acceptors (Lipinski definition) is 2. The van der Waals surface area contributed by atoms with Crippen molar-refractivity contribution in [2.45, 2.75) is 26.2 Å². The SMILES string of the molecule is CCCCc1ccc(NC(=O)c2cc(N)cc(F)c2)cc1.